The van der Waals surface area contributed by atoms with Crippen molar-refractivity contribution in [1.29, 1.82) is 0 Å². The molecule has 3 atom stereocenters. The lowest BCUT2D eigenvalue weighted by molar-refractivity contribution is -0.115. The van der Waals surface area contributed by atoms with Gasteiger partial charge < -0.3 is 5.11 Å². The molecule has 0 aliphatic carbocycles. The van der Waals surface area contributed by atoms with Gasteiger partial charge in [-0.15, -0.1) is 11.8 Å². The minimum absolute atomic E-state index is 0.0966. The lowest BCUT2D eigenvalue weighted by atomic mass is 9.91. The molecule has 2 aliphatic rings. The summed E-state index contributed by atoms with van der Waals surface area (Å²) in [6.45, 7) is 1.86. The summed E-state index contributed by atoms with van der Waals surface area (Å²) in [6.07, 6.45) is 1.58. The van der Waals surface area contributed by atoms with Crippen molar-refractivity contribution < 1.29 is 9.90 Å². The van der Waals surface area contributed by atoms with Gasteiger partial charge >= 0.3 is 0 Å². The molecule has 1 aromatic carbocycles. The SMILES string of the molecule is CCC(=O)C1=C(c2ccc(Cl)c(Cl)c2)CC2CC(O)[C@@H]1S2. The van der Waals surface area contributed by atoms with Crippen molar-refractivity contribution in [2.45, 2.75) is 42.8 Å². The summed E-state index contributed by atoms with van der Waals surface area (Å²) >= 11 is 13.8. The number of aliphatic hydroxyl groups excluding tert-OH is 1. The first kappa shape index (κ1) is 15.4. The van der Waals surface area contributed by atoms with Gasteiger partial charge in [0.1, 0.15) is 0 Å². The fourth-order valence-electron chi connectivity index (χ4n) is 3.12. The number of hydrogen-bond acceptors (Lipinski definition) is 3. The summed E-state index contributed by atoms with van der Waals surface area (Å²) in [5.41, 5.74) is 2.76. The maximum absolute atomic E-state index is 12.4. The van der Waals surface area contributed by atoms with Crippen molar-refractivity contribution in [3.63, 3.8) is 0 Å². The Bertz CT molecular complexity index is 627. The molecule has 0 aromatic heterocycles. The lowest BCUT2D eigenvalue weighted by Crippen LogP contribution is -2.25. The third-order valence-electron chi connectivity index (χ3n) is 4.12. The lowest BCUT2D eigenvalue weighted by Gasteiger charge is -2.26. The molecule has 1 fully saturated rings. The number of ketones is 1. The van der Waals surface area contributed by atoms with Gasteiger partial charge in [0, 0.05) is 17.2 Å². The Labute approximate surface area is 138 Å². The highest BCUT2D eigenvalue weighted by Crippen LogP contribution is 2.50. The molecule has 1 aromatic rings. The van der Waals surface area contributed by atoms with E-state index in [0.29, 0.717) is 21.7 Å². The van der Waals surface area contributed by atoms with Gasteiger partial charge in [0.25, 0.3) is 0 Å². The Morgan fingerprint density at radius 3 is 2.81 bits per heavy atom. The Kier molecular flexibility index (Phi) is 4.37. The predicted molar refractivity (Wildman–Crippen MR) is 89.1 cm³/mol. The molecule has 2 aliphatic heterocycles. The molecular formula is C16H16Cl2O2S. The van der Waals surface area contributed by atoms with E-state index in [1.807, 2.05) is 19.1 Å². The van der Waals surface area contributed by atoms with E-state index < -0.39 is 6.10 Å². The Hall–Kier alpha value is -0.480. The smallest absolute Gasteiger partial charge is 0.160 e. The van der Waals surface area contributed by atoms with Gasteiger partial charge in [-0.3, -0.25) is 4.79 Å². The van der Waals surface area contributed by atoms with Gasteiger partial charge in [-0.05, 0) is 36.1 Å². The second-order valence-corrected chi connectivity index (χ2v) is 7.74. The molecule has 1 N–H and O–H groups in total. The van der Waals surface area contributed by atoms with Crippen molar-refractivity contribution in [3.05, 3.63) is 39.4 Å². The molecule has 0 radical (unpaired) electrons. The van der Waals surface area contributed by atoms with E-state index in [1.165, 1.54) is 0 Å². The third-order valence-corrected chi connectivity index (χ3v) is 6.45. The van der Waals surface area contributed by atoms with E-state index >= 15 is 0 Å². The van der Waals surface area contributed by atoms with E-state index in [0.717, 1.165) is 29.6 Å². The van der Waals surface area contributed by atoms with Crippen molar-refractivity contribution in [1.82, 2.24) is 0 Å². The molecule has 0 saturated carbocycles. The summed E-state index contributed by atoms with van der Waals surface area (Å²) in [7, 11) is 0. The zero-order valence-corrected chi connectivity index (χ0v) is 13.9. The number of thioether (sulfide) groups is 1. The van der Waals surface area contributed by atoms with Crippen LogP contribution >= 0.6 is 35.0 Å². The quantitative estimate of drug-likeness (QED) is 0.886. The molecule has 112 valence electrons. The summed E-state index contributed by atoms with van der Waals surface area (Å²) < 4.78 is 0. The van der Waals surface area contributed by atoms with Crippen molar-refractivity contribution >= 4 is 46.3 Å². The van der Waals surface area contributed by atoms with Crippen LogP contribution in [0, 0.1) is 0 Å². The Balaban J connectivity index is 2.12. The minimum atomic E-state index is -0.425. The van der Waals surface area contributed by atoms with Gasteiger partial charge in [0.05, 0.1) is 21.4 Å². The van der Waals surface area contributed by atoms with Crippen molar-refractivity contribution in [2.24, 2.45) is 0 Å². The zero-order valence-electron chi connectivity index (χ0n) is 11.6. The number of allylic oxidation sites excluding steroid dienone is 1. The number of rotatable bonds is 3. The predicted octanol–water partition coefficient (Wildman–Crippen LogP) is 4.36. The molecule has 0 amide bonds. The third kappa shape index (κ3) is 2.77. The number of carbonyl (C=O) groups excluding carboxylic acids is 1. The van der Waals surface area contributed by atoms with Crippen LogP contribution in [0.25, 0.3) is 5.57 Å². The normalized spacial score (nSPS) is 28.1. The Morgan fingerprint density at radius 2 is 2.14 bits per heavy atom. The molecule has 2 bridgehead atoms. The van der Waals surface area contributed by atoms with Crippen LogP contribution in [0.2, 0.25) is 10.0 Å². The number of aliphatic hydroxyl groups is 1. The second-order valence-electron chi connectivity index (χ2n) is 5.48. The first-order valence-electron chi connectivity index (χ1n) is 7.06. The number of hydrogen-bond donors (Lipinski definition) is 1. The van der Waals surface area contributed by atoms with Crippen LogP contribution in [-0.2, 0) is 4.79 Å². The highest BCUT2D eigenvalue weighted by Gasteiger charge is 2.43. The molecule has 2 unspecified atom stereocenters. The average Bonchev–Trinajstić information content (AvgIpc) is 2.76. The van der Waals surface area contributed by atoms with E-state index in [4.69, 9.17) is 23.2 Å². The number of halogens is 2. The van der Waals surface area contributed by atoms with Crippen molar-refractivity contribution in [2.75, 3.05) is 0 Å². The monoisotopic (exact) mass is 342 g/mol. The summed E-state index contributed by atoms with van der Waals surface area (Å²) in [4.78, 5) is 12.4. The van der Waals surface area contributed by atoms with Gasteiger partial charge in [-0.25, -0.2) is 0 Å². The van der Waals surface area contributed by atoms with E-state index in [9.17, 15) is 9.90 Å². The van der Waals surface area contributed by atoms with Crippen LogP contribution in [0.15, 0.2) is 23.8 Å². The molecular weight excluding hydrogens is 327 g/mol. The molecule has 3 rings (SSSR count). The van der Waals surface area contributed by atoms with E-state index in [2.05, 4.69) is 0 Å². The summed E-state index contributed by atoms with van der Waals surface area (Å²) in [5.74, 6) is 0.118. The fourth-order valence-corrected chi connectivity index (χ4v) is 5.11. The zero-order chi connectivity index (χ0) is 15.1. The van der Waals surface area contributed by atoms with Crippen molar-refractivity contribution in [3.8, 4) is 0 Å². The van der Waals surface area contributed by atoms with E-state index in [1.54, 1.807) is 17.8 Å². The van der Waals surface area contributed by atoms with Crippen LogP contribution in [0.5, 0.6) is 0 Å². The number of carbonyl (C=O) groups is 1. The Morgan fingerprint density at radius 1 is 1.38 bits per heavy atom. The molecule has 2 nitrogen and oxygen atoms in total. The standard InChI is InChI=1S/C16H16Cl2O2S/c1-2-13(19)15-10(6-9-7-14(20)16(15)21-9)8-3-4-11(17)12(18)5-8/h3-5,9,14,16,20H,2,6-7H2,1H3/t9?,14?,16-/m0/s1. The second kappa shape index (κ2) is 5.96. The summed E-state index contributed by atoms with van der Waals surface area (Å²) in [6, 6.07) is 5.50. The minimum Gasteiger partial charge on any atom is -0.392 e. The van der Waals surface area contributed by atoms with Crippen LogP contribution in [-0.4, -0.2) is 27.5 Å². The first-order chi connectivity index (χ1) is 10.0. The summed E-state index contributed by atoms with van der Waals surface area (Å²) in [5, 5.41) is 11.5. The van der Waals surface area contributed by atoms with E-state index in [-0.39, 0.29) is 11.0 Å². The van der Waals surface area contributed by atoms with Crippen LogP contribution in [0.3, 0.4) is 0 Å². The van der Waals surface area contributed by atoms with Gasteiger partial charge in [-0.2, -0.15) is 0 Å². The average molecular weight is 343 g/mol. The number of fused-ring (bicyclic) bond motifs is 2. The fraction of sp³-hybridized carbons (Fsp3) is 0.438. The highest BCUT2D eigenvalue weighted by atomic mass is 35.5. The molecule has 0 spiro atoms. The molecule has 2 heterocycles. The van der Waals surface area contributed by atoms with Crippen LogP contribution in [0.1, 0.15) is 31.7 Å². The molecule has 21 heavy (non-hydrogen) atoms. The largest absolute Gasteiger partial charge is 0.392 e. The molecule has 1 saturated heterocycles. The van der Waals surface area contributed by atoms with Crippen LogP contribution < -0.4 is 0 Å². The number of benzene rings is 1. The van der Waals surface area contributed by atoms with Crippen LogP contribution in [0.4, 0.5) is 0 Å². The first-order valence-corrected chi connectivity index (χ1v) is 8.76. The maximum Gasteiger partial charge on any atom is 0.160 e. The van der Waals surface area contributed by atoms with Gasteiger partial charge in [0.15, 0.2) is 5.78 Å². The van der Waals surface area contributed by atoms with Gasteiger partial charge in [-0.1, -0.05) is 36.2 Å². The maximum atomic E-state index is 12.4. The van der Waals surface area contributed by atoms with Gasteiger partial charge in [0.2, 0.25) is 0 Å². The number of Topliss-reactive ketones (excluding diaryl/α,β-unsaturated/α-hetero) is 1. The highest BCUT2D eigenvalue weighted by molar-refractivity contribution is 8.01. The topological polar surface area (TPSA) is 37.3 Å². The molecule has 5 heteroatoms.